The van der Waals surface area contributed by atoms with Gasteiger partial charge in [-0.1, -0.05) is 31.4 Å². The molecule has 0 bridgehead atoms. The van der Waals surface area contributed by atoms with Crippen LogP contribution >= 0.6 is 12.8 Å². The van der Waals surface area contributed by atoms with Gasteiger partial charge in [-0.3, -0.25) is 4.72 Å². The molecular weight excluding hydrogens is 397 g/mol. The Bertz CT molecular complexity index is 829. The maximum atomic E-state index is 13.3. The van der Waals surface area contributed by atoms with Crippen molar-refractivity contribution in [3.8, 4) is 0 Å². The van der Waals surface area contributed by atoms with Gasteiger partial charge >= 0.3 is 0 Å². The summed E-state index contributed by atoms with van der Waals surface area (Å²) in [7, 11) is 0. The average molecular weight is 430 g/mol. The molecule has 5 nitrogen and oxygen atoms in total. The number of thiol groups is 1. The van der Waals surface area contributed by atoms with Crippen molar-refractivity contribution in [1.29, 1.82) is 5.41 Å². The number of hydrogen-bond donors (Lipinski definition) is 6. The minimum atomic E-state index is -0.389. The molecule has 162 valence electrons. The van der Waals surface area contributed by atoms with Gasteiger partial charge in [0.25, 0.3) is 0 Å². The van der Waals surface area contributed by atoms with Crippen LogP contribution < -0.4 is 21.1 Å². The fourth-order valence-electron chi connectivity index (χ4n) is 3.62. The summed E-state index contributed by atoms with van der Waals surface area (Å²) in [5.74, 6) is -0.286. The molecule has 0 fully saturated rings. The number of hydrogen-bond acceptors (Lipinski definition) is 6. The monoisotopic (exact) mass is 429 g/mol. The largest absolute Gasteiger partial charge is 0.401 e. The van der Waals surface area contributed by atoms with E-state index in [4.69, 9.17) is 11.1 Å². The normalized spacial score (nSPS) is 19.3. The lowest BCUT2D eigenvalue weighted by Crippen LogP contribution is -2.30. The van der Waals surface area contributed by atoms with Crippen LogP contribution in [0.5, 0.6) is 0 Å². The zero-order chi connectivity index (χ0) is 22.0. The molecule has 0 heterocycles. The first-order valence-electron chi connectivity index (χ1n) is 10.1. The molecule has 6 N–H and O–H groups in total. The van der Waals surface area contributed by atoms with Crippen LogP contribution in [0, 0.1) is 16.6 Å². The zero-order valence-electron chi connectivity index (χ0n) is 17.5. The SMILES string of the molecule is C=CC1(C/C(N)=C/NCCC)CC(C=N)=C(Nc2ccc(F)cc2)C=C1CCNS. The predicted molar refractivity (Wildman–Crippen MR) is 128 cm³/mol. The molecule has 0 aliphatic heterocycles. The summed E-state index contributed by atoms with van der Waals surface area (Å²) < 4.78 is 16.2. The Morgan fingerprint density at radius 2 is 2.07 bits per heavy atom. The molecule has 0 spiro atoms. The van der Waals surface area contributed by atoms with Gasteiger partial charge in [-0.2, -0.15) is 0 Å². The Morgan fingerprint density at radius 3 is 2.67 bits per heavy atom. The molecule has 1 unspecified atom stereocenters. The average Bonchev–Trinajstić information content (AvgIpc) is 2.75. The number of anilines is 1. The number of nitrogens with two attached hydrogens (primary N) is 1. The van der Waals surface area contributed by atoms with Crippen molar-refractivity contribution in [3.63, 3.8) is 0 Å². The van der Waals surface area contributed by atoms with Crippen molar-refractivity contribution in [1.82, 2.24) is 10.0 Å². The lowest BCUT2D eigenvalue weighted by atomic mass is 9.68. The van der Waals surface area contributed by atoms with Gasteiger partial charge in [0.1, 0.15) is 5.82 Å². The van der Waals surface area contributed by atoms with Crippen LogP contribution in [0.25, 0.3) is 0 Å². The van der Waals surface area contributed by atoms with E-state index in [2.05, 4.69) is 47.7 Å². The third kappa shape index (κ3) is 6.24. The first-order valence-corrected chi connectivity index (χ1v) is 10.6. The third-order valence-electron chi connectivity index (χ3n) is 5.21. The second kappa shape index (κ2) is 11.6. The maximum absolute atomic E-state index is 13.3. The van der Waals surface area contributed by atoms with E-state index >= 15 is 0 Å². The van der Waals surface area contributed by atoms with Gasteiger partial charge in [-0.15, -0.1) is 6.58 Å². The molecule has 1 aliphatic rings. The summed E-state index contributed by atoms with van der Waals surface area (Å²) in [6, 6.07) is 6.19. The van der Waals surface area contributed by atoms with Crippen molar-refractivity contribution in [2.75, 3.05) is 18.4 Å². The van der Waals surface area contributed by atoms with Crippen LogP contribution in [0.2, 0.25) is 0 Å². The van der Waals surface area contributed by atoms with Crippen LogP contribution in [-0.2, 0) is 0 Å². The van der Waals surface area contributed by atoms with Gasteiger partial charge in [-0.25, -0.2) is 4.39 Å². The number of halogens is 1. The van der Waals surface area contributed by atoms with E-state index in [0.29, 0.717) is 19.4 Å². The summed E-state index contributed by atoms with van der Waals surface area (Å²) in [4.78, 5) is 0. The van der Waals surface area contributed by atoms with E-state index in [-0.39, 0.29) is 11.2 Å². The Labute approximate surface area is 184 Å². The second-order valence-electron chi connectivity index (χ2n) is 7.43. The summed E-state index contributed by atoms with van der Waals surface area (Å²) in [6.45, 7) is 7.76. The Morgan fingerprint density at radius 1 is 1.33 bits per heavy atom. The third-order valence-corrected chi connectivity index (χ3v) is 5.43. The highest BCUT2D eigenvalue weighted by Crippen LogP contribution is 2.46. The molecular formula is C23H32FN5S. The lowest BCUT2D eigenvalue weighted by molar-refractivity contribution is 0.430. The fourth-order valence-corrected chi connectivity index (χ4v) is 3.73. The van der Waals surface area contributed by atoms with Crippen molar-refractivity contribution in [2.24, 2.45) is 11.1 Å². The quantitative estimate of drug-likeness (QED) is 0.126. The van der Waals surface area contributed by atoms with E-state index < -0.39 is 0 Å². The van der Waals surface area contributed by atoms with Crippen LogP contribution in [0.3, 0.4) is 0 Å². The molecule has 1 aromatic carbocycles. The number of rotatable bonds is 12. The zero-order valence-corrected chi connectivity index (χ0v) is 18.4. The molecule has 0 amide bonds. The molecule has 1 aliphatic carbocycles. The van der Waals surface area contributed by atoms with Crippen LogP contribution in [0.4, 0.5) is 10.1 Å². The molecule has 0 radical (unpaired) electrons. The minimum Gasteiger partial charge on any atom is -0.401 e. The highest BCUT2D eigenvalue weighted by molar-refractivity contribution is 7.78. The summed E-state index contributed by atoms with van der Waals surface area (Å²) in [5.41, 5.74) is 10.3. The second-order valence-corrected chi connectivity index (χ2v) is 7.75. The standard InChI is InChI=1S/C23H32FN5S/c1-3-10-27-16-20(26)14-23(4-2)13-17(15-25)22(12-18(23)9-11-28-30)29-21-7-5-19(24)6-8-21/h4-8,12,15-16,25,27-30H,2-3,9-11,13-14,26H2,1H3/b20-16-,25-15?. The number of benzene rings is 1. The highest BCUT2D eigenvalue weighted by atomic mass is 32.1. The van der Waals surface area contributed by atoms with E-state index in [1.807, 2.05) is 12.3 Å². The number of nitrogens with one attached hydrogen (secondary N) is 4. The Hall–Kier alpha value is -2.51. The van der Waals surface area contributed by atoms with Gasteiger partial charge in [0.2, 0.25) is 0 Å². The Kier molecular flexibility index (Phi) is 9.20. The summed E-state index contributed by atoms with van der Waals surface area (Å²) >= 11 is 4.13. The van der Waals surface area contributed by atoms with Crippen molar-refractivity contribution in [2.45, 2.75) is 32.6 Å². The first kappa shape index (κ1) is 23.8. The van der Waals surface area contributed by atoms with Gasteiger partial charge in [0.15, 0.2) is 0 Å². The maximum Gasteiger partial charge on any atom is 0.123 e. The van der Waals surface area contributed by atoms with Gasteiger partial charge < -0.3 is 21.8 Å². The van der Waals surface area contributed by atoms with E-state index in [1.165, 1.54) is 18.3 Å². The molecule has 0 saturated carbocycles. The fraction of sp³-hybridized carbons (Fsp3) is 0.348. The van der Waals surface area contributed by atoms with Crippen LogP contribution in [0.15, 0.2) is 71.7 Å². The molecule has 7 heteroatoms. The summed E-state index contributed by atoms with van der Waals surface area (Å²) in [5, 5.41) is 14.5. The highest BCUT2D eigenvalue weighted by Gasteiger charge is 2.36. The van der Waals surface area contributed by atoms with Crippen molar-refractivity contribution >= 4 is 24.7 Å². The minimum absolute atomic E-state index is 0.286. The predicted octanol–water partition coefficient (Wildman–Crippen LogP) is 4.66. The molecule has 2 rings (SSSR count). The van der Waals surface area contributed by atoms with Crippen LogP contribution in [-0.4, -0.2) is 19.3 Å². The topological polar surface area (TPSA) is 86.0 Å². The van der Waals surface area contributed by atoms with Crippen molar-refractivity contribution in [3.05, 3.63) is 77.6 Å². The lowest BCUT2D eigenvalue weighted by Gasteiger charge is -2.38. The van der Waals surface area contributed by atoms with E-state index in [9.17, 15) is 4.39 Å². The molecule has 1 aromatic rings. The van der Waals surface area contributed by atoms with Gasteiger partial charge in [-0.05, 0) is 55.2 Å². The molecule has 1 atom stereocenters. The van der Waals surface area contributed by atoms with Gasteiger partial charge in [0, 0.05) is 54.4 Å². The van der Waals surface area contributed by atoms with E-state index in [0.717, 1.165) is 47.6 Å². The molecule has 30 heavy (non-hydrogen) atoms. The number of allylic oxidation sites excluding steroid dienone is 4. The van der Waals surface area contributed by atoms with Gasteiger partial charge in [0.05, 0.1) is 0 Å². The molecule has 0 saturated heterocycles. The van der Waals surface area contributed by atoms with Crippen molar-refractivity contribution < 1.29 is 4.39 Å². The summed E-state index contributed by atoms with van der Waals surface area (Å²) in [6.07, 6.45) is 10.2. The van der Waals surface area contributed by atoms with E-state index in [1.54, 1.807) is 12.1 Å². The first-order chi connectivity index (χ1) is 14.5. The smallest absolute Gasteiger partial charge is 0.123 e. The van der Waals surface area contributed by atoms with Crippen LogP contribution in [0.1, 0.15) is 32.6 Å². The molecule has 0 aromatic heterocycles. The Balaban J connectivity index is 2.37.